The van der Waals surface area contributed by atoms with Gasteiger partial charge in [-0.25, -0.2) is 24.9 Å². The summed E-state index contributed by atoms with van der Waals surface area (Å²) in [6.45, 7) is 0. The van der Waals surface area contributed by atoms with Gasteiger partial charge in [-0.2, -0.15) is 0 Å². The van der Waals surface area contributed by atoms with Crippen LogP contribution < -0.4 is 0 Å². The minimum absolute atomic E-state index is 0.912. The highest BCUT2D eigenvalue weighted by atomic mass is 14.8. The summed E-state index contributed by atoms with van der Waals surface area (Å²) in [6, 6.07) is 110. The van der Waals surface area contributed by atoms with E-state index in [1.807, 2.05) is 73.3 Å². The lowest BCUT2D eigenvalue weighted by atomic mass is 10.0. The lowest BCUT2D eigenvalue weighted by Gasteiger charge is -2.08. The summed E-state index contributed by atoms with van der Waals surface area (Å²) in [5, 5.41) is 17.3. The predicted octanol–water partition coefficient (Wildman–Crippen LogP) is 24.4. The van der Waals surface area contributed by atoms with E-state index in [0.717, 1.165) is 101 Å². The Bertz CT molecular complexity index is 6480. The Morgan fingerprint density at radius 1 is 0.183 bits per heavy atom. The maximum absolute atomic E-state index is 5.09. The molecular weight excluding hydrogens is 1270 g/mol. The van der Waals surface area contributed by atoms with Crippen LogP contribution in [0.1, 0.15) is 0 Å². The molecular formula is C96H56N8. The zero-order valence-electron chi connectivity index (χ0n) is 55.9. The van der Waals surface area contributed by atoms with Crippen molar-refractivity contribution in [1.82, 2.24) is 39.9 Å². The Morgan fingerprint density at radius 2 is 0.567 bits per heavy atom. The second-order valence-corrected chi connectivity index (χ2v) is 26.8. The molecule has 0 bridgehead atoms. The zero-order chi connectivity index (χ0) is 68.3. The van der Waals surface area contributed by atoms with Gasteiger partial charge in [-0.05, 0) is 161 Å². The summed E-state index contributed by atoms with van der Waals surface area (Å²) in [5.41, 5.74) is 28.9. The topological polar surface area (TPSA) is 103 Å². The van der Waals surface area contributed by atoms with Crippen LogP contribution in [0.15, 0.2) is 340 Å². The van der Waals surface area contributed by atoms with Crippen LogP contribution in [-0.4, -0.2) is 39.9 Å². The number of fused-ring (bicyclic) bond motifs is 16. The van der Waals surface area contributed by atoms with Gasteiger partial charge >= 0.3 is 0 Å². The van der Waals surface area contributed by atoms with Crippen molar-refractivity contribution < 1.29 is 0 Å². The minimum Gasteiger partial charge on any atom is -0.264 e. The molecule has 0 aliphatic heterocycles. The van der Waals surface area contributed by atoms with E-state index in [4.69, 9.17) is 24.9 Å². The van der Waals surface area contributed by atoms with E-state index >= 15 is 0 Å². The van der Waals surface area contributed by atoms with E-state index in [2.05, 4.69) is 282 Å². The fourth-order valence-electron chi connectivity index (χ4n) is 16.2. The first-order valence-electron chi connectivity index (χ1n) is 35.1. The standard InChI is InChI=1S/4C24H14N2/c1-4-15-12-13-25-14-21(15)17(7-1)22-11-10-19-18-8-2-5-16-6-3-9-20(23(16)18)24(19)26-22;1-2-10-20-15(5-1)11-13-21(25-20)22-14-12-18-17-8-3-6-16-7-4-9-19(23(16)17)24(18)26-22;1-2-10-21-16(5-1)13-17(14-25-21)22-12-11-19-18-8-3-6-15-7-4-9-20(23(15)18)24(19)26-22;1-2-6-17-14-25-22(13-16(17)5-1)21-12-11-19-18-9-3-7-15-8-4-10-20(23(15)18)24(19)26-21/h4*1-14H. The summed E-state index contributed by atoms with van der Waals surface area (Å²) >= 11 is 0. The molecule has 24 rings (SSSR count). The van der Waals surface area contributed by atoms with Crippen LogP contribution in [0.2, 0.25) is 0 Å². The largest absolute Gasteiger partial charge is 0.264 e. The van der Waals surface area contributed by atoms with Crippen molar-refractivity contribution in [2.75, 3.05) is 0 Å². The number of para-hydroxylation sites is 2. The van der Waals surface area contributed by atoms with E-state index in [-0.39, 0.29) is 0 Å². The number of hydrogen-bond donors (Lipinski definition) is 0. The van der Waals surface area contributed by atoms with Crippen molar-refractivity contribution in [2.45, 2.75) is 0 Å². The van der Waals surface area contributed by atoms with Gasteiger partial charge in [0.2, 0.25) is 0 Å². The highest BCUT2D eigenvalue weighted by molar-refractivity contribution is 6.18. The molecule has 8 aromatic heterocycles. The number of nitrogens with zero attached hydrogens (tertiary/aromatic N) is 8. The molecule has 4 aliphatic rings. The maximum Gasteiger partial charge on any atom is 0.0894 e. The third-order valence-corrected chi connectivity index (χ3v) is 21.0. The van der Waals surface area contributed by atoms with Gasteiger partial charge in [-0.3, -0.25) is 15.0 Å². The SMILES string of the molecule is c1cc(-c2ccc3c(n2)-c2cccc4cccc-3c24)c2cnccc2c1.c1ccc2cc(-c3ccc4c(n3)-c3cccc5cccc-4c35)ncc2c1.c1ccc2nc(-c3ccc4c(n3)-c3cccc5cccc-4c35)ccc2c1.c1ccc2ncc(-c3ccc4c(n3)-c3cccc5cccc-4c35)cc2c1. The third-order valence-electron chi connectivity index (χ3n) is 21.0. The smallest absolute Gasteiger partial charge is 0.0894 e. The Hall–Kier alpha value is -14.1. The van der Waals surface area contributed by atoms with Gasteiger partial charge < -0.3 is 0 Å². The van der Waals surface area contributed by atoms with E-state index in [0.29, 0.717) is 0 Å². The number of benzene rings is 12. The predicted molar refractivity (Wildman–Crippen MR) is 428 cm³/mol. The first kappa shape index (κ1) is 58.8. The Balaban J connectivity index is 0.0000000896. The van der Waals surface area contributed by atoms with Crippen LogP contribution >= 0.6 is 0 Å². The molecule has 0 N–H and O–H groups in total. The Kier molecular flexibility index (Phi) is 13.5. The minimum atomic E-state index is 0.912. The van der Waals surface area contributed by atoms with E-state index < -0.39 is 0 Å². The van der Waals surface area contributed by atoms with E-state index in [1.54, 1.807) is 0 Å². The van der Waals surface area contributed by atoms with Crippen LogP contribution in [-0.2, 0) is 0 Å². The first-order chi connectivity index (χ1) is 51.5. The molecule has 0 saturated carbocycles. The molecule has 0 amide bonds. The number of hydrogen-bond acceptors (Lipinski definition) is 8. The third kappa shape index (κ3) is 9.61. The monoisotopic (exact) mass is 1320 g/mol. The highest BCUT2D eigenvalue weighted by Crippen LogP contribution is 2.51. The summed E-state index contributed by atoms with van der Waals surface area (Å²) in [4.78, 5) is 38.5. The van der Waals surface area contributed by atoms with E-state index in [1.165, 1.54) is 121 Å². The lowest BCUT2D eigenvalue weighted by Crippen LogP contribution is -1.91. The molecule has 0 fully saturated rings. The summed E-state index contributed by atoms with van der Waals surface area (Å²) in [5.74, 6) is 0. The normalized spacial score (nSPS) is 11.8. The lowest BCUT2D eigenvalue weighted by molar-refractivity contribution is 1.27. The van der Waals surface area contributed by atoms with Crippen molar-refractivity contribution >= 4 is 86.4 Å². The molecule has 0 unspecified atom stereocenters. The van der Waals surface area contributed by atoms with Gasteiger partial charge in [0.15, 0.2) is 0 Å². The molecule has 480 valence electrons. The molecule has 104 heavy (non-hydrogen) atoms. The van der Waals surface area contributed by atoms with Crippen molar-refractivity contribution in [3.05, 3.63) is 340 Å². The molecule has 12 aromatic carbocycles. The van der Waals surface area contributed by atoms with Crippen molar-refractivity contribution in [3.63, 3.8) is 0 Å². The van der Waals surface area contributed by atoms with Gasteiger partial charge in [0.25, 0.3) is 0 Å². The average Bonchev–Trinajstić information content (AvgIpc) is 1.60. The number of pyridine rings is 8. The quantitative estimate of drug-likeness (QED) is 0.172. The zero-order valence-corrected chi connectivity index (χ0v) is 55.9. The van der Waals surface area contributed by atoms with Crippen LogP contribution in [0.5, 0.6) is 0 Å². The number of aromatic nitrogens is 8. The van der Waals surface area contributed by atoms with Crippen molar-refractivity contribution in [3.8, 4) is 135 Å². The van der Waals surface area contributed by atoms with Crippen LogP contribution in [0.3, 0.4) is 0 Å². The van der Waals surface area contributed by atoms with Crippen LogP contribution in [0.4, 0.5) is 0 Å². The highest BCUT2D eigenvalue weighted by Gasteiger charge is 2.28. The summed E-state index contributed by atoms with van der Waals surface area (Å²) in [7, 11) is 0. The molecule has 0 saturated heterocycles. The second kappa shape index (κ2) is 23.8. The maximum atomic E-state index is 5.09. The summed E-state index contributed by atoms with van der Waals surface area (Å²) < 4.78 is 0. The molecule has 0 atom stereocenters. The fraction of sp³-hybridized carbons (Fsp3) is 0. The molecule has 0 radical (unpaired) electrons. The molecule has 4 aliphatic carbocycles. The van der Waals surface area contributed by atoms with E-state index in [9.17, 15) is 0 Å². The first-order valence-corrected chi connectivity index (χ1v) is 35.1. The van der Waals surface area contributed by atoms with Crippen LogP contribution in [0, 0.1) is 0 Å². The molecule has 8 nitrogen and oxygen atoms in total. The number of rotatable bonds is 4. The second-order valence-electron chi connectivity index (χ2n) is 26.8. The van der Waals surface area contributed by atoms with Gasteiger partial charge in [-0.15, -0.1) is 0 Å². The molecule has 0 spiro atoms. The molecule has 8 heteroatoms. The Labute approximate surface area is 597 Å². The molecule has 8 heterocycles. The van der Waals surface area contributed by atoms with Gasteiger partial charge in [0.05, 0.1) is 68.0 Å². The Morgan fingerprint density at radius 3 is 1.11 bits per heavy atom. The van der Waals surface area contributed by atoms with Gasteiger partial charge in [0, 0.05) is 102 Å². The average molecular weight is 1320 g/mol. The fourth-order valence-corrected chi connectivity index (χ4v) is 16.2. The van der Waals surface area contributed by atoms with Crippen molar-refractivity contribution in [2.24, 2.45) is 0 Å². The molecule has 20 aromatic rings. The van der Waals surface area contributed by atoms with Crippen molar-refractivity contribution in [1.29, 1.82) is 0 Å². The van der Waals surface area contributed by atoms with Crippen LogP contribution in [0.25, 0.3) is 221 Å². The van der Waals surface area contributed by atoms with Gasteiger partial charge in [-0.1, -0.05) is 231 Å². The van der Waals surface area contributed by atoms with Gasteiger partial charge in [0.1, 0.15) is 0 Å². The summed E-state index contributed by atoms with van der Waals surface area (Å²) in [6.07, 6.45) is 7.60.